The largest absolute Gasteiger partial charge is 0.478 e. The fraction of sp³-hybridized carbons (Fsp3) is 0.273. The van der Waals surface area contributed by atoms with E-state index >= 15 is 0 Å². The summed E-state index contributed by atoms with van der Waals surface area (Å²) < 4.78 is 16.1. The lowest BCUT2D eigenvalue weighted by Gasteiger charge is -2.13. The summed E-state index contributed by atoms with van der Waals surface area (Å²) in [6.45, 7) is 4.05. The predicted octanol–water partition coefficient (Wildman–Crippen LogP) is 2.88. The van der Waals surface area contributed by atoms with Gasteiger partial charge in [-0.25, -0.2) is 14.0 Å². The second-order valence-electron chi connectivity index (χ2n) is 7.94. The molecule has 4 rings (SSSR count). The summed E-state index contributed by atoms with van der Waals surface area (Å²) in [5.41, 5.74) is -1.00. The molecular formula is C22H20FN3O5S. The van der Waals surface area contributed by atoms with Crippen LogP contribution < -0.4 is 11.2 Å². The van der Waals surface area contributed by atoms with E-state index in [1.165, 1.54) is 42.1 Å². The molecule has 8 nitrogen and oxygen atoms in total. The Labute approximate surface area is 184 Å². The molecule has 0 bridgehead atoms. The summed E-state index contributed by atoms with van der Waals surface area (Å²) in [6, 6.07) is 5.38. The molecule has 0 fully saturated rings. The molecule has 0 aliphatic carbocycles. The summed E-state index contributed by atoms with van der Waals surface area (Å²) in [5, 5.41) is 21.4. The van der Waals surface area contributed by atoms with Crippen molar-refractivity contribution in [2.24, 2.45) is 13.0 Å². The number of pyridine rings is 1. The molecular weight excluding hydrogens is 437 g/mol. The van der Waals surface area contributed by atoms with Gasteiger partial charge >= 0.3 is 11.7 Å². The Morgan fingerprint density at radius 3 is 2.62 bits per heavy atom. The summed E-state index contributed by atoms with van der Waals surface area (Å²) in [6.07, 6.45) is -0.0431. The smallest absolute Gasteiger partial charge is 0.337 e. The average molecular weight is 457 g/mol. The van der Waals surface area contributed by atoms with Gasteiger partial charge in [-0.05, 0) is 35.7 Å². The van der Waals surface area contributed by atoms with E-state index < -0.39 is 29.1 Å². The molecule has 0 amide bonds. The number of aliphatic hydroxyl groups is 1. The number of fused-ring (bicyclic) bond motifs is 2. The van der Waals surface area contributed by atoms with Gasteiger partial charge in [0.25, 0.3) is 5.56 Å². The number of aliphatic hydroxyl groups excluding tert-OH is 1. The Kier molecular flexibility index (Phi) is 5.43. The number of carbonyl (C=O) groups is 1. The third-order valence-electron chi connectivity index (χ3n) is 5.24. The molecule has 3 aromatic heterocycles. The fourth-order valence-corrected chi connectivity index (χ4v) is 5.09. The van der Waals surface area contributed by atoms with E-state index in [4.69, 9.17) is 0 Å². The van der Waals surface area contributed by atoms with Crippen molar-refractivity contribution >= 4 is 38.4 Å². The molecule has 0 spiro atoms. The molecule has 1 unspecified atom stereocenters. The van der Waals surface area contributed by atoms with Gasteiger partial charge in [-0.3, -0.25) is 18.9 Å². The van der Waals surface area contributed by atoms with E-state index in [0.29, 0.717) is 10.9 Å². The van der Waals surface area contributed by atoms with Crippen molar-refractivity contribution in [3.8, 4) is 0 Å². The number of nitrogens with zero attached hydrogens (tertiary/aromatic N) is 3. The molecule has 1 aromatic carbocycles. The standard InChI is InChI=1S/C22H20FN3O5S/c1-10(2)9-26-20-16(19(28)25(3)22(26)31)15(21(29)30)18(32-20)17(27)12-6-7-24-14-5-4-11(23)8-13(12)14/h4-8,10,17,27H,9H2,1-3H3,(H,29,30). The number of aromatic nitrogens is 3. The van der Waals surface area contributed by atoms with Gasteiger partial charge < -0.3 is 10.2 Å². The average Bonchev–Trinajstić information content (AvgIpc) is 3.15. The van der Waals surface area contributed by atoms with E-state index in [2.05, 4.69) is 4.98 Å². The molecule has 4 aromatic rings. The quantitative estimate of drug-likeness (QED) is 0.476. The van der Waals surface area contributed by atoms with Gasteiger partial charge in [0.05, 0.1) is 21.3 Å². The fourth-order valence-electron chi connectivity index (χ4n) is 3.80. The molecule has 1 atom stereocenters. The predicted molar refractivity (Wildman–Crippen MR) is 119 cm³/mol. The second-order valence-corrected chi connectivity index (χ2v) is 8.97. The molecule has 3 heterocycles. The van der Waals surface area contributed by atoms with Crippen LogP contribution in [0.5, 0.6) is 0 Å². The number of benzene rings is 1. The van der Waals surface area contributed by atoms with Gasteiger partial charge in [0.1, 0.15) is 16.8 Å². The zero-order chi connectivity index (χ0) is 23.3. The number of rotatable bonds is 5. The zero-order valence-electron chi connectivity index (χ0n) is 17.5. The van der Waals surface area contributed by atoms with E-state index in [1.54, 1.807) is 0 Å². The van der Waals surface area contributed by atoms with Crippen LogP contribution in [0.1, 0.15) is 40.8 Å². The Bertz CT molecular complexity index is 1500. The maximum absolute atomic E-state index is 13.9. The minimum atomic E-state index is -1.47. The first kappa shape index (κ1) is 21.8. The lowest BCUT2D eigenvalue weighted by molar-refractivity contribution is 0.0694. The molecule has 0 aliphatic rings. The Balaban J connectivity index is 2.08. The number of hydrogen-bond donors (Lipinski definition) is 2. The maximum atomic E-state index is 13.9. The van der Waals surface area contributed by atoms with Gasteiger partial charge in [0, 0.05) is 25.2 Å². The van der Waals surface area contributed by atoms with Gasteiger partial charge in [-0.2, -0.15) is 0 Å². The normalized spacial score (nSPS) is 12.7. The summed E-state index contributed by atoms with van der Waals surface area (Å²) in [5.74, 6) is -1.89. The Morgan fingerprint density at radius 2 is 1.97 bits per heavy atom. The van der Waals surface area contributed by atoms with Crippen LogP contribution in [-0.4, -0.2) is 30.3 Å². The van der Waals surface area contributed by atoms with Crippen molar-refractivity contribution in [1.82, 2.24) is 14.1 Å². The highest BCUT2D eigenvalue weighted by molar-refractivity contribution is 7.19. The number of carboxylic acid groups (broad SMARTS) is 1. The number of hydrogen-bond acceptors (Lipinski definition) is 6. The Morgan fingerprint density at radius 1 is 1.25 bits per heavy atom. The van der Waals surface area contributed by atoms with Gasteiger partial charge in [-0.1, -0.05) is 13.8 Å². The van der Waals surface area contributed by atoms with Crippen LogP contribution >= 0.6 is 11.3 Å². The highest BCUT2D eigenvalue weighted by Gasteiger charge is 2.30. The number of thiophene rings is 1. The summed E-state index contributed by atoms with van der Waals surface area (Å²) in [4.78, 5) is 42.2. The first-order chi connectivity index (χ1) is 15.1. The van der Waals surface area contributed by atoms with Crippen molar-refractivity contribution in [3.05, 3.63) is 73.1 Å². The SMILES string of the molecule is CC(C)Cn1c(=O)n(C)c(=O)c2c(C(=O)O)c(C(O)c3ccnc4ccc(F)cc34)sc21. The third kappa shape index (κ3) is 3.41. The first-order valence-electron chi connectivity index (χ1n) is 9.83. The highest BCUT2D eigenvalue weighted by atomic mass is 32.1. The lowest BCUT2D eigenvalue weighted by atomic mass is 10.00. The van der Waals surface area contributed by atoms with Crippen LogP contribution in [-0.2, 0) is 13.6 Å². The highest BCUT2D eigenvalue weighted by Crippen LogP contribution is 2.38. The van der Waals surface area contributed by atoms with E-state index in [-0.39, 0.29) is 38.7 Å². The number of aromatic carboxylic acids is 1. The summed E-state index contributed by atoms with van der Waals surface area (Å²) in [7, 11) is 1.29. The van der Waals surface area contributed by atoms with Crippen molar-refractivity contribution in [2.75, 3.05) is 0 Å². The first-order valence-corrected chi connectivity index (χ1v) is 10.6. The molecule has 32 heavy (non-hydrogen) atoms. The molecule has 0 saturated carbocycles. The van der Waals surface area contributed by atoms with Gasteiger partial charge in [0.2, 0.25) is 0 Å². The van der Waals surface area contributed by atoms with Crippen LogP contribution in [0.3, 0.4) is 0 Å². The van der Waals surface area contributed by atoms with E-state index in [0.717, 1.165) is 15.9 Å². The third-order valence-corrected chi connectivity index (χ3v) is 6.51. The van der Waals surface area contributed by atoms with Crippen LogP contribution in [0.25, 0.3) is 21.1 Å². The van der Waals surface area contributed by atoms with Gasteiger partial charge in [0.15, 0.2) is 0 Å². The monoisotopic (exact) mass is 457 g/mol. The Hall–Kier alpha value is -3.37. The van der Waals surface area contributed by atoms with Gasteiger partial charge in [-0.15, -0.1) is 11.3 Å². The maximum Gasteiger partial charge on any atom is 0.337 e. The molecule has 0 saturated heterocycles. The van der Waals surface area contributed by atoms with Crippen LogP contribution in [0.4, 0.5) is 4.39 Å². The van der Waals surface area contributed by atoms with Crippen molar-refractivity contribution in [2.45, 2.75) is 26.5 Å². The van der Waals surface area contributed by atoms with E-state index in [1.807, 2.05) is 13.8 Å². The van der Waals surface area contributed by atoms with Crippen LogP contribution in [0, 0.1) is 11.7 Å². The van der Waals surface area contributed by atoms with Crippen molar-refractivity contribution in [1.29, 1.82) is 0 Å². The number of halogens is 1. The second kappa shape index (κ2) is 7.95. The van der Waals surface area contributed by atoms with Crippen molar-refractivity contribution in [3.63, 3.8) is 0 Å². The van der Waals surface area contributed by atoms with Crippen molar-refractivity contribution < 1.29 is 19.4 Å². The van der Waals surface area contributed by atoms with Crippen LogP contribution in [0.2, 0.25) is 0 Å². The van der Waals surface area contributed by atoms with Crippen LogP contribution in [0.15, 0.2) is 40.1 Å². The zero-order valence-corrected chi connectivity index (χ0v) is 18.3. The topological polar surface area (TPSA) is 114 Å². The molecule has 2 N–H and O–H groups in total. The minimum absolute atomic E-state index is 0.00975. The number of carboxylic acids is 1. The minimum Gasteiger partial charge on any atom is -0.478 e. The van der Waals surface area contributed by atoms with E-state index in [9.17, 15) is 29.0 Å². The summed E-state index contributed by atoms with van der Waals surface area (Å²) >= 11 is 0.878. The molecule has 0 aliphatic heterocycles. The molecule has 0 radical (unpaired) electrons. The molecule has 166 valence electrons. The molecule has 10 heteroatoms. The lowest BCUT2D eigenvalue weighted by Crippen LogP contribution is -2.38.